The minimum absolute atomic E-state index is 1.08. The second-order valence-corrected chi connectivity index (χ2v) is 1.39. The van der Waals surface area contributed by atoms with Crippen LogP contribution in [0.2, 0.25) is 0 Å². The number of hydrogen-bond acceptors (Lipinski definition) is 0. The van der Waals surface area contributed by atoms with Gasteiger partial charge in [-0.05, 0) is 12.8 Å². The Bertz CT molecular complexity index is 36.0. The van der Waals surface area contributed by atoms with Crippen molar-refractivity contribution in [2.24, 2.45) is 0 Å². The molecule has 0 fully saturated rings. The van der Waals surface area contributed by atoms with Crippen LogP contribution in [-0.2, 0) is 0 Å². The number of rotatable bonds is 2. The third kappa shape index (κ3) is 143. The van der Waals surface area contributed by atoms with E-state index in [9.17, 15) is 0 Å². The molecule has 0 saturated heterocycles. The van der Waals surface area contributed by atoms with Gasteiger partial charge in [0.15, 0.2) is 0 Å². The molecule has 62 valence electrons. The van der Waals surface area contributed by atoms with Crippen LogP contribution in [0, 0.1) is 0 Å². The lowest BCUT2D eigenvalue weighted by Gasteiger charge is -1.57. The fourth-order valence-electron chi connectivity index (χ4n) is 0. The summed E-state index contributed by atoms with van der Waals surface area (Å²) in [6.45, 7) is 15.1. The number of hydrogen-bond donors (Lipinski definition) is 0. The maximum absolute atomic E-state index is 3.48. The normalized spacial score (nSPS) is 5.60. The molecule has 0 aliphatic carbocycles. The molecule has 0 amide bonds. The summed E-state index contributed by atoms with van der Waals surface area (Å²) in [7, 11) is 0. The van der Waals surface area contributed by atoms with Crippen LogP contribution >= 0.6 is 0 Å². The predicted molar refractivity (Wildman–Crippen MR) is 52.3 cm³/mol. The highest BCUT2D eigenvalue weighted by Gasteiger charge is 1.45. The van der Waals surface area contributed by atoms with Crippen molar-refractivity contribution in [1.82, 2.24) is 0 Å². The molecule has 0 heterocycles. The summed E-state index contributed by atoms with van der Waals surface area (Å²) < 4.78 is 0. The van der Waals surface area contributed by atoms with Crippen LogP contribution in [0.15, 0.2) is 25.3 Å². The third-order valence-corrected chi connectivity index (χ3v) is 0.577. The average Bonchev–Trinajstić information content (AvgIpc) is 2.08. The minimum atomic E-state index is 1.08. The first-order valence-corrected chi connectivity index (χ1v) is 4.05. The average molecular weight is 142 g/mol. The first-order valence-electron chi connectivity index (χ1n) is 4.05. The maximum atomic E-state index is 3.48. The van der Waals surface area contributed by atoms with Crippen molar-refractivity contribution in [2.45, 2.75) is 40.5 Å². The Balaban J connectivity index is -0.0000000787. The lowest BCUT2D eigenvalue weighted by molar-refractivity contribution is 1.23. The molecule has 0 aromatic heterocycles. The quantitative estimate of drug-likeness (QED) is 0.507. The van der Waals surface area contributed by atoms with Gasteiger partial charge in [0.25, 0.3) is 0 Å². The zero-order valence-electron chi connectivity index (χ0n) is 7.98. The van der Waals surface area contributed by atoms with Gasteiger partial charge in [-0.1, -0.05) is 39.8 Å². The second-order valence-electron chi connectivity index (χ2n) is 1.39. The van der Waals surface area contributed by atoms with Crippen LogP contribution in [0.1, 0.15) is 40.5 Å². The predicted octanol–water partition coefficient (Wildman–Crippen LogP) is 4.19. The van der Waals surface area contributed by atoms with Crippen molar-refractivity contribution in [3.63, 3.8) is 0 Å². The molecule has 0 radical (unpaired) electrons. The summed E-state index contributed by atoms with van der Waals surface area (Å²) in [6.07, 6.45) is 5.92. The van der Waals surface area contributed by atoms with Crippen molar-refractivity contribution < 1.29 is 0 Å². The Labute approximate surface area is 66.7 Å². The molecule has 10 heavy (non-hydrogen) atoms. The molecule has 0 bridgehead atoms. The van der Waals surface area contributed by atoms with Gasteiger partial charge in [-0.15, -0.1) is 13.2 Å². The van der Waals surface area contributed by atoms with Gasteiger partial charge in [0.2, 0.25) is 0 Å². The van der Waals surface area contributed by atoms with Gasteiger partial charge in [-0.3, -0.25) is 0 Å². The highest BCUT2D eigenvalue weighted by Crippen LogP contribution is 1.66. The van der Waals surface area contributed by atoms with Crippen LogP contribution < -0.4 is 0 Å². The molecule has 0 aliphatic rings. The SMILES string of the molecule is C=CCC.C=CCC.CC. The Morgan fingerprint density at radius 2 is 1.00 bits per heavy atom. The monoisotopic (exact) mass is 142 g/mol. The molecule has 0 aromatic carbocycles. The topological polar surface area (TPSA) is 0 Å². The fourth-order valence-corrected chi connectivity index (χ4v) is 0. The molecule has 0 nitrogen and oxygen atoms in total. The maximum Gasteiger partial charge on any atom is -0.0382 e. The van der Waals surface area contributed by atoms with Gasteiger partial charge in [0.05, 0.1) is 0 Å². The van der Waals surface area contributed by atoms with E-state index in [-0.39, 0.29) is 0 Å². The van der Waals surface area contributed by atoms with Crippen LogP contribution in [0.25, 0.3) is 0 Å². The van der Waals surface area contributed by atoms with E-state index in [0.29, 0.717) is 0 Å². The Hall–Kier alpha value is -0.520. The van der Waals surface area contributed by atoms with Crippen molar-refractivity contribution >= 4 is 0 Å². The summed E-state index contributed by atoms with van der Waals surface area (Å²) in [4.78, 5) is 0. The lowest BCUT2D eigenvalue weighted by atomic mass is 10.5. The van der Waals surface area contributed by atoms with Gasteiger partial charge in [-0.25, -0.2) is 0 Å². The van der Waals surface area contributed by atoms with Crippen molar-refractivity contribution in [3.05, 3.63) is 25.3 Å². The summed E-state index contributed by atoms with van der Waals surface area (Å²) in [6, 6.07) is 0. The number of allylic oxidation sites excluding steroid dienone is 2. The third-order valence-electron chi connectivity index (χ3n) is 0.577. The highest BCUT2D eigenvalue weighted by atomic mass is 13.5. The van der Waals surface area contributed by atoms with Crippen LogP contribution in [0.4, 0.5) is 0 Å². The molecule has 0 rings (SSSR count). The summed E-state index contributed by atoms with van der Waals surface area (Å²) in [5.74, 6) is 0. The van der Waals surface area contributed by atoms with Crippen LogP contribution in [-0.4, -0.2) is 0 Å². The molecule has 0 N–H and O–H groups in total. The lowest BCUT2D eigenvalue weighted by Crippen LogP contribution is -1.36. The van der Waals surface area contributed by atoms with Gasteiger partial charge in [0.1, 0.15) is 0 Å². The summed E-state index contributed by atoms with van der Waals surface area (Å²) in [5, 5.41) is 0. The van der Waals surface area contributed by atoms with Crippen molar-refractivity contribution in [1.29, 1.82) is 0 Å². The van der Waals surface area contributed by atoms with E-state index in [4.69, 9.17) is 0 Å². The van der Waals surface area contributed by atoms with E-state index < -0.39 is 0 Å². The zero-order chi connectivity index (χ0) is 8.83. The van der Waals surface area contributed by atoms with Crippen molar-refractivity contribution in [3.8, 4) is 0 Å². The van der Waals surface area contributed by atoms with E-state index in [1.54, 1.807) is 0 Å². The van der Waals surface area contributed by atoms with Gasteiger partial charge in [-0.2, -0.15) is 0 Å². The largest absolute Gasteiger partial charge is 0.103 e. The van der Waals surface area contributed by atoms with E-state index in [2.05, 4.69) is 27.0 Å². The van der Waals surface area contributed by atoms with Crippen LogP contribution in [0.3, 0.4) is 0 Å². The van der Waals surface area contributed by atoms with E-state index in [1.165, 1.54) is 0 Å². The van der Waals surface area contributed by atoms with Crippen LogP contribution in [0.5, 0.6) is 0 Å². The summed E-state index contributed by atoms with van der Waals surface area (Å²) in [5.41, 5.74) is 0. The Morgan fingerprint density at radius 1 is 0.900 bits per heavy atom. The second kappa shape index (κ2) is 39.2. The van der Waals surface area contributed by atoms with Gasteiger partial charge >= 0.3 is 0 Å². The highest BCUT2D eigenvalue weighted by molar-refractivity contribution is 4.60. The smallest absolute Gasteiger partial charge is 0.0382 e. The molecule has 0 heteroatoms. The molecule has 0 spiro atoms. The molecule has 0 saturated carbocycles. The molecule has 0 atom stereocenters. The fraction of sp³-hybridized carbons (Fsp3) is 0.600. The standard InChI is InChI=1S/2C4H8.C2H6/c2*1-3-4-2;1-2/h2*3H,1,4H2,2H3;1-2H3. The van der Waals surface area contributed by atoms with E-state index in [1.807, 2.05) is 26.0 Å². The van der Waals surface area contributed by atoms with Crippen molar-refractivity contribution in [2.75, 3.05) is 0 Å². The zero-order valence-corrected chi connectivity index (χ0v) is 7.98. The van der Waals surface area contributed by atoms with Gasteiger partial charge < -0.3 is 0 Å². The van der Waals surface area contributed by atoms with Gasteiger partial charge in [0, 0.05) is 0 Å². The first-order chi connectivity index (χ1) is 4.83. The van der Waals surface area contributed by atoms with E-state index >= 15 is 0 Å². The molecule has 0 aromatic rings. The molecule has 0 unspecified atom stereocenters. The summed E-state index contributed by atoms with van der Waals surface area (Å²) >= 11 is 0. The van der Waals surface area contributed by atoms with E-state index in [0.717, 1.165) is 12.8 Å². The Kier molecular flexibility index (Phi) is 63.6. The molecular weight excluding hydrogens is 120 g/mol. The molecular formula is C10H22. The Morgan fingerprint density at radius 3 is 1.00 bits per heavy atom. The molecule has 0 aliphatic heterocycles. The minimum Gasteiger partial charge on any atom is -0.103 e. The first kappa shape index (κ1) is 16.2.